The van der Waals surface area contributed by atoms with E-state index in [-0.39, 0.29) is 11.8 Å². The Balaban J connectivity index is 2.83. The van der Waals surface area contributed by atoms with Gasteiger partial charge < -0.3 is 10.1 Å². The lowest BCUT2D eigenvalue weighted by molar-refractivity contribution is 0.322. The predicted molar refractivity (Wildman–Crippen MR) is 121 cm³/mol. The Labute approximate surface area is 175 Å². The molecule has 1 aromatic rings. The lowest BCUT2D eigenvalue weighted by Crippen LogP contribution is -2.14. The molecule has 2 rings (SSSR count). The zero-order chi connectivity index (χ0) is 21.4. The topological polar surface area (TPSA) is 57.9 Å². The number of aromatic nitrogens is 1. The van der Waals surface area contributed by atoms with Gasteiger partial charge in [-0.15, -0.1) is 0 Å². The molecule has 0 amide bonds. The summed E-state index contributed by atoms with van der Waals surface area (Å²) in [7, 11) is 1.94. The third kappa shape index (κ3) is 4.79. The molecular formula is C25H33N3O. The van der Waals surface area contributed by atoms with E-state index in [0.29, 0.717) is 12.5 Å². The number of aryl methyl sites for hydroxylation is 1. The second-order valence-electron chi connectivity index (χ2n) is 7.16. The van der Waals surface area contributed by atoms with Crippen molar-refractivity contribution in [3.8, 4) is 11.9 Å². The number of allylic oxidation sites excluding steroid dienone is 7. The number of nitriles is 1. The average molecular weight is 392 g/mol. The van der Waals surface area contributed by atoms with Gasteiger partial charge in [0, 0.05) is 30.4 Å². The van der Waals surface area contributed by atoms with E-state index in [1.54, 1.807) is 0 Å². The minimum atomic E-state index is -0.0578. The van der Waals surface area contributed by atoms with Crippen molar-refractivity contribution in [1.82, 2.24) is 4.98 Å². The van der Waals surface area contributed by atoms with Crippen LogP contribution in [0.2, 0.25) is 0 Å². The number of nitrogens with zero attached hydrogens (tertiary/aromatic N) is 2. The van der Waals surface area contributed by atoms with Crippen LogP contribution in [0.25, 0.3) is 0 Å². The fourth-order valence-corrected chi connectivity index (χ4v) is 4.06. The summed E-state index contributed by atoms with van der Waals surface area (Å²) in [6, 6.07) is 2.43. The highest BCUT2D eigenvalue weighted by molar-refractivity contribution is 5.67. The Kier molecular flexibility index (Phi) is 8.27. The van der Waals surface area contributed by atoms with E-state index in [9.17, 15) is 5.26 Å². The summed E-state index contributed by atoms with van der Waals surface area (Å²) >= 11 is 0. The molecule has 0 aromatic carbocycles. The fourth-order valence-electron chi connectivity index (χ4n) is 4.06. The first kappa shape index (κ1) is 22.5. The molecule has 2 unspecified atom stereocenters. The summed E-state index contributed by atoms with van der Waals surface area (Å²) in [5.74, 6) is 0.534. The van der Waals surface area contributed by atoms with Crippen LogP contribution in [0.4, 0.5) is 5.69 Å². The lowest BCUT2D eigenvalue weighted by Gasteiger charge is -2.28. The third-order valence-corrected chi connectivity index (χ3v) is 5.46. The van der Waals surface area contributed by atoms with E-state index >= 15 is 0 Å². The van der Waals surface area contributed by atoms with Gasteiger partial charge in [0.1, 0.15) is 0 Å². The van der Waals surface area contributed by atoms with Gasteiger partial charge in [0.25, 0.3) is 0 Å². The van der Waals surface area contributed by atoms with Crippen LogP contribution in [0, 0.1) is 24.2 Å². The van der Waals surface area contributed by atoms with Crippen LogP contribution < -0.4 is 10.1 Å². The quantitative estimate of drug-likeness (QED) is 0.533. The predicted octanol–water partition coefficient (Wildman–Crippen LogP) is 6.24. The summed E-state index contributed by atoms with van der Waals surface area (Å²) < 4.78 is 5.98. The molecule has 2 atom stereocenters. The number of pyridine rings is 1. The van der Waals surface area contributed by atoms with Crippen LogP contribution in [0.5, 0.6) is 5.88 Å². The maximum absolute atomic E-state index is 9.52. The molecule has 0 aliphatic heterocycles. The van der Waals surface area contributed by atoms with Crippen LogP contribution >= 0.6 is 0 Å². The van der Waals surface area contributed by atoms with Crippen molar-refractivity contribution in [2.75, 3.05) is 19.0 Å². The molecule has 0 saturated carbocycles. The molecule has 1 heterocycles. The van der Waals surface area contributed by atoms with Crippen molar-refractivity contribution >= 4 is 5.69 Å². The van der Waals surface area contributed by atoms with Gasteiger partial charge in [-0.1, -0.05) is 37.8 Å². The Morgan fingerprint density at radius 2 is 2.24 bits per heavy atom. The van der Waals surface area contributed by atoms with Gasteiger partial charge in [0.15, 0.2) is 0 Å². The Bertz CT molecular complexity index is 871. The molecule has 4 heteroatoms. The first-order valence-electron chi connectivity index (χ1n) is 10.4. The van der Waals surface area contributed by atoms with Gasteiger partial charge in [0.2, 0.25) is 5.88 Å². The molecule has 4 nitrogen and oxygen atoms in total. The van der Waals surface area contributed by atoms with Crippen molar-refractivity contribution in [3.05, 3.63) is 64.9 Å². The third-order valence-electron chi connectivity index (χ3n) is 5.46. The zero-order valence-corrected chi connectivity index (χ0v) is 18.4. The highest BCUT2D eigenvalue weighted by atomic mass is 16.5. The van der Waals surface area contributed by atoms with Gasteiger partial charge in [-0.25, -0.2) is 4.98 Å². The average Bonchev–Trinajstić information content (AvgIpc) is 2.95. The number of ether oxygens (including phenoxy) is 1. The van der Waals surface area contributed by atoms with Gasteiger partial charge in [-0.2, -0.15) is 5.26 Å². The van der Waals surface area contributed by atoms with E-state index < -0.39 is 0 Å². The van der Waals surface area contributed by atoms with Crippen LogP contribution in [-0.4, -0.2) is 18.6 Å². The molecule has 0 spiro atoms. The number of anilines is 1. The normalized spacial score (nSPS) is 18.1. The standard InChI is InChI=1S/C25H33N3O/c1-7-19(8-2)22(21-13-11-12-18(15-26)14-20(21)9-3)23-24(27-6)17(5)16-28-25(23)29-10-4/h7-8,13-14,16,18,22H,1,9-12H2,2-6H3,(H,27,28)/b19-8+. The minimum Gasteiger partial charge on any atom is -0.478 e. The van der Waals surface area contributed by atoms with E-state index in [1.165, 1.54) is 11.1 Å². The van der Waals surface area contributed by atoms with Gasteiger partial charge in [-0.05, 0) is 62.3 Å². The number of nitrogens with one attached hydrogen (secondary N) is 1. The Morgan fingerprint density at radius 1 is 1.48 bits per heavy atom. The number of rotatable bonds is 8. The maximum Gasteiger partial charge on any atom is 0.219 e. The number of hydrogen-bond donors (Lipinski definition) is 1. The minimum absolute atomic E-state index is 0.0529. The Morgan fingerprint density at radius 3 is 2.79 bits per heavy atom. The van der Waals surface area contributed by atoms with Gasteiger partial charge in [-0.3, -0.25) is 0 Å². The summed E-state index contributed by atoms with van der Waals surface area (Å²) in [6.45, 7) is 12.9. The molecule has 0 saturated heterocycles. The lowest BCUT2D eigenvalue weighted by atomic mass is 9.79. The summed E-state index contributed by atoms with van der Waals surface area (Å²) in [5, 5.41) is 12.9. The molecule has 1 aromatic heterocycles. The molecule has 29 heavy (non-hydrogen) atoms. The van der Waals surface area contributed by atoms with E-state index in [0.717, 1.165) is 41.6 Å². The molecule has 1 aliphatic rings. The molecular weight excluding hydrogens is 358 g/mol. The second kappa shape index (κ2) is 10.7. The summed E-state index contributed by atoms with van der Waals surface area (Å²) in [4.78, 5) is 4.63. The van der Waals surface area contributed by atoms with E-state index in [1.807, 2.05) is 33.2 Å². The first-order valence-corrected chi connectivity index (χ1v) is 10.4. The van der Waals surface area contributed by atoms with Crippen LogP contribution in [0.15, 0.2) is 53.8 Å². The Hall–Kier alpha value is -2.80. The smallest absolute Gasteiger partial charge is 0.219 e. The molecule has 0 bridgehead atoms. The van der Waals surface area contributed by atoms with Crippen molar-refractivity contribution in [1.29, 1.82) is 5.26 Å². The van der Waals surface area contributed by atoms with Crippen molar-refractivity contribution in [2.45, 2.75) is 52.9 Å². The highest BCUT2D eigenvalue weighted by Gasteiger charge is 2.30. The molecule has 1 aliphatic carbocycles. The van der Waals surface area contributed by atoms with Crippen molar-refractivity contribution in [2.24, 2.45) is 5.92 Å². The SMILES string of the molecule is C=C/C(=C\C)C(C1=CCCC(C#N)C=C1CC)c1c(OCC)ncc(C)c1NC. The van der Waals surface area contributed by atoms with Crippen LogP contribution in [-0.2, 0) is 0 Å². The first-order chi connectivity index (χ1) is 14.1. The van der Waals surface area contributed by atoms with Crippen LogP contribution in [0.3, 0.4) is 0 Å². The highest BCUT2D eigenvalue weighted by Crippen LogP contribution is 2.46. The molecule has 0 radical (unpaired) electrons. The monoisotopic (exact) mass is 391 g/mol. The summed E-state index contributed by atoms with van der Waals surface area (Å²) in [6.07, 6.45) is 12.9. The largest absolute Gasteiger partial charge is 0.478 e. The fraction of sp³-hybridized carbons (Fsp3) is 0.440. The maximum atomic E-state index is 9.52. The van der Waals surface area contributed by atoms with E-state index in [2.05, 4.69) is 55.0 Å². The summed E-state index contributed by atoms with van der Waals surface area (Å²) in [5.41, 5.74) is 6.68. The number of hydrogen-bond acceptors (Lipinski definition) is 4. The molecule has 154 valence electrons. The molecule has 0 fully saturated rings. The van der Waals surface area contributed by atoms with Crippen LogP contribution in [0.1, 0.15) is 57.1 Å². The van der Waals surface area contributed by atoms with E-state index in [4.69, 9.17) is 4.74 Å². The van der Waals surface area contributed by atoms with Crippen molar-refractivity contribution < 1.29 is 4.74 Å². The van der Waals surface area contributed by atoms with Gasteiger partial charge >= 0.3 is 0 Å². The second-order valence-corrected chi connectivity index (χ2v) is 7.16. The zero-order valence-electron chi connectivity index (χ0n) is 18.4. The van der Waals surface area contributed by atoms with Gasteiger partial charge in [0.05, 0.1) is 18.6 Å². The van der Waals surface area contributed by atoms with Crippen molar-refractivity contribution in [3.63, 3.8) is 0 Å². The molecule has 1 N–H and O–H groups in total.